The summed E-state index contributed by atoms with van der Waals surface area (Å²) in [4.78, 5) is 2.64. The molecule has 10 aromatic rings. The van der Waals surface area contributed by atoms with E-state index in [4.69, 9.17) is 0 Å². The Morgan fingerprint density at radius 1 is 0.438 bits per heavy atom. The molecule has 64 heavy (non-hydrogen) atoms. The first kappa shape index (κ1) is 38.5. The van der Waals surface area contributed by atoms with Gasteiger partial charge in [-0.15, -0.1) is 0 Å². The fourth-order valence-electron chi connectivity index (χ4n) is 11.9. The Morgan fingerprint density at radius 3 is 1.61 bits per heavy atom. The minimum Gasteiger partial charge on any atom is -0.310 e. The molecule has 1 heterocycles. The van der Waals surface area contributed by atoms with E-state index in [-0.39, 0.29) is 16.2 Å². The number of rotatable bonds is 5. The average Bonchev–Trinajstić information content (AvgIpc) is 3.85. The quantitative estimate of drug-likeness (QED) is 0.168. The highest BCUT2D eigenvalue weighted by atomic mass is 15.2. The van der Waals surface area contributed by atoms with Crippen LogP contribution in [0.3, 0.4) is 0 Å². The number of benzene rings is 9. The van der Waals surface area contributed by atoms with Crippen molar-refractivity contribution in [3.8, 4) is 39.1 Å². The van der Waals surface area contributed by atoms with Crippen molar-refractivity contribution in [3.63, 3.8) is 0 Å². The van der Waals surface area contributed by atoms with Gasteiger partial charge in [0.05, 0.1) is 16.7 Å². The predicted molar refractivity (Wildman–Crippen MR) is 272 cm³/mol. The van der Waals surface area contributed by atoms with E-state index in [2.05, 4.69) is 246 Å². The second-order valence-electron chi connectivity index (χ2n) is 20.1. The lowest BCUT2D eigenvalue weighted by Crippen LogP contribution is -2.27. The molecule has 0 N–H and O–H groups in total. The summed E-state index contributed by atoms with van der Waals surface area (Å²) >= 11 is 0. The fourth-order valence-corrected chi connectivity index (χ4v) is 11.9. The third kappa shape index (κ3) is 5.38. The lowest BCUT2D eigenvalue weighted by atomic mass is 9.71. The molecule has 0 amide bonds. The maximum absolute atomic E-state index is 2.64. The molecule has 0 fully saturated rings. The van der Waals surface area contributed by atoms with Gasteiger partial charge in [0.15, 0.2) is 0 Å². The Balaban J connectivity index is 1.23. The zero-order chi connectivity index (χ0) is 43.7. The van der Waals surface area contributed by atoms with Crippen LogP contribution in [0.2, 0.25) is 0 Å². The smallest absolute Gasteiger partial charge is 0.0561 e. The van der Waals surface area contributed by atoms with Crippen LogP contribution < -0.4 is 4.90 Å². The normalized spacial score (nSPS) is 14.4. The van der Waals surface area contributed by atoms with Crippen LogP contribution in [0.5, 0.6) is 0 Å². The van der Waals surface area contributed by atoms with E-state index in [1.165, 1.54) is 99.5 Å². The first-order valence-corrected chi connectivity index (χ1v) is 22.9. The van der Waals surface area contributed by atoms with E-state index in [0.717, 1.165) is 17.1 Å². The molecule has 9 aromatic carbocycles. The van der Waals surface area contributed by atoms with Gasteiger partial charge in [-0.3, -0.25) is 0 Å². The summed E-state index contributed by atoms with van der Waals surface area (Å²) in [6.07, 6.45) is 0. The van der Waals surface area contributed by atoms with Crippen LogP contribution >= 0.6 is 0 Å². The summed E-state index contributed by atoms with van der Waals surface area (Å²) < 4.78 is 2.45. The highest BCUT2D eigenvalue weighted by Gasteiger charge is 2.50. The van der Waals surface area contributed by atoms with Crippen molar-refractivity contribution >= 4 is 49.6 Å². The van der Waals surface area contributed by atoms with Crippen LogP contribution in [0, 0.1) is 0 Å². The maximum Gasteiger partial charge on any atom is 0.0561 e. The number of nitrogens with zero attached hydrogens (tertiary/aromatic N) is 2. The van der Waals surface area contributed by atoms with Crippen LogP contribution in [-0.2, 0) is 16.2 Å². The van der Waals surface area contributed by atoms with Crippen molar-refractivity contribution in [2.24, 2.45) is 0 Å². The first-order chi connectivity index (χ1) is 30.9. The van der Waals surface area contributed by atoms with Gasteiger partial charge < -0.3 is 9.47 Å². The average molecular weight is 825 g/mol. The fraction of sp³-hybridized carbons (Fsp3) is 0.161. The van der Waals surface area contributed by atoms with Gasteiger partial charge in [-0.25, -0.2) is 0 Å². The van der Waals surface area contributed by atoms with Crippen molar-refractivity contribution in [3.05, 3.63) is 216 Å². The molecule has 0 atom stereocenters. The van der Waals surface area contributed by atoms with E-state index in [0.29, 0.717) is 0 Å². The highest BCUT2D eigenvalue weighted by molar-refractivity contribution is 6.11. The van der Waals surface area contributed by atoms with E-state index in [1.807, 2.05) is 0 Å². The van der Waals surface area contributed by atoms with Gasteiger partial charge >= 0.3 is 0 Å². The lowest BCUT2D eigenvalue weighted by Gasteiger charge is -2.39. The highest BCUT2D eigenvalue weighted by Crippen LogP contribution is 2.65. The molecule has 0 spiro atoms. The molecule has 0 saturated carbocycles. The second kappa shape index (κ2) is 13.7. The van der Waals surface area contributed by atoms with E-state index in [9.17, 15) is 0 Å². The van der Waals surface area contributed by atoms with Gasteiger partial charge in [0.1, 0.15) is 0 Å². The monoisotopic (exact) mass is 824 g/mol. The third-order valence-electron chi connectivity index (χ3n) is 14.6. The van der Waals surface area contributed by atoms with E-state index in [1.54, 1.807) is 0 Å². The van der Waals surface area contributed by atoms with Crippen LogP contribution in [0.1, 0.15) is 76.3 Å². The third-order valence-corrected chi connectivity index (χ3v) is 14.6. The summed E-state index contributed by atoms with van der Waals surface area (Å²) in [5, 5.41) is 5.01. The summed E-state index contributed by atoms with van der Waals surface area (Å²) in [6, 6.07) is 70.2. The maximum atomic E-state index is 2.64. The number of para-hydroxylation sites is 2. The van der Waals surface area contributed by atoms with Crippen LogP contribution in [-0.4, -0.2) is 4.57 Å². The number of aromatic nitrogens is 1. The standard InChI is InChI=1S/C62H52N2/c1-60(2,3)56-54-48-26-13-16-29-50(48)61(4,5)57(54)59(58-55(56)49-27-14-17-30-51(49)62(58,6)7)63(42-34-32-40(33-35-42)45-28-19-21-39-20-11-12-24-44(39)45)43-36-37-47-46-25-15-18-31-52(46)64(53(47)38-43)41-22-9-8-10-23-41/h8-38H,1-7H3. The van der Waals surface area contributed by atoms with Crippen molar-refractivity contribution in [2.45, 2.75) is 64.7 Å². The van der Waals surface area contributed by atoms with Gasteiger partial charge in [0, 0.05) is 38.7 Å². The largest absolute Gasteiger partial charge is 0.310 e. The molecule has 2 nitrogen and oxygen atoms in total. The molecular weight excluding hydrogens is 773 g/mol. The van der Waals surface area contributed by atoms with Crippen molar-refractivity contribution in [1.29, 1.82) is 0 Å². The van der Waals surface area contributed by atoms with E-state index < -0.39 is 0 Å². The Kier molecular flexibility index (Phi) is 8.23. The van der Waals surface area contributed by atoms with Gasteiger partial charge in [-0.05, 0) is 120 Å². The number of hydrogen-bond acceptors (Lipinski definition) is 1. The SMILES string of the molecule is CC(C)(C)c1c2c(c(N(c3ccc(-c4cccc5ccccc45)cc3)c3ccc4c5ccccc5n(-c5ccccc5)c4c3)c3c1-c1ccccc1C3(C)C)C(C)(C)c1ccccc1-2. The van der Waals surface area contributed by atoms with Crippen molar-refractivity contribution in [2.75, 3.05) is 4.90 Å². The molecule has 310 valence electrons. The topological polar surface area (TPSA) is 8.17 Å². The summed E-state index contributed by atoms with van der Waals surface area (Å²) in [7, 11) is 0. The van der Waals surface area contributed by atoms with Gasteiger partial charge in [0.25, 0.3) is 0 Å². The summed E-state index contributed by atoms with van der Waals surface area (Å²) in [5.74, 6) is 0. The summed E-state index contributed by atoms with van der Waals surface area (Å²) in [5.41, 5.74) is 21.3. The van der Waals surface area contributed by atoms with Crippen molar-refractivity contribution < 1.29 is 0 Å². The van der Waals surface area contributed by atoms with Gasteiger partial charge in [-0.2, -0.15) is 0 Å². The van der Waals surface area contributed by atoms with Gasteiger partial charge in [-0.1, -0.05) is 194 Å². The Bertz CT molecular complexity index is 3430. The number of fused-ring (bicyclic) bond motifs is 10. The molecule has 2 heteroatoms. The van der Waals surface area contributed by atoms with Crippen molar-refractivity contribution in [1.82, 2.24) is 4.57 Å². The zero-order valence-electron chi connectivity index (χ0n) is 37.8. The zero-order valence-corrected chi connectivity index (χ0v) is 37.8. The second-order valence-corrected chi connectivity index (χ2v) is 20.1. The van der Waals surface area contributed by atoms with Crippen LogP contribution in [0.15, 0.2) is 188 Å². The van der Waals surface area contributed by atoms with Crippen LogP contribution in [0.25, 0.3) is 71.6 Å². The number of hydrogen-bond donors (Lipinski definition) is 0. The molecule has 2 aliphatic carbocycles. The molecule has 0 radical (unpaired) electrons. The molecule has 0 saturated heterocycles. The molecular formula is C62H52N2. The predicted octanol–water partition coefficient (Wildman–Crippen LogP) is 17.0. The minimum absolute atomic E-state index is 0.145. The molecule has 2 aliphatic rings. The molecule has 1 aromatic heterocycles. The number of anilines is 3. The molecule has 0 unspecified atom stereocenters. The van der Waals surface area contributed by atoms with Gasteiger partial charge in [0.2, 0.25) is 0 Å². The molecule has 0 bridgehead atoms. The van der Waals surface area contributed by atoms with Crippen LogP contribution in [0.4, 0.5) is 17.1 Å². The first-order valence-electron chi connectivity index (χ1n) is 22.9. The molecule has 12 rings (SSSR count). The minimum atomic E-state index is -0.300. The molecule has 0 aliphatic heterocycles. The Labute approximate surface area is 377 Å². The Hall–Kier alpha value is -7.16. The lowest BCUT2D eigenvalue weighted by molar-refractivity contribution is 0.587. The summed E-state index contributed by atoms with van der Waals surface area (Å²) in [6.45, 7) is 17.1. The Morgan fingerprint density at radius 2 is 0.953 bits per heavy atom. The van der Waals surface area contributed by atoms with E-state index >= 15 is 0 Å².